The van der Waals surface area contributed by atoms with E-state index >= 15 is 0 Å². The third-order valence-electron chi connectivity index (χ3n) is 2.58. The Kier molecular flexibility index (Phi) is 3.71. The van der Waals surface area contributed by atoms with Crippen molar-refractivity contribution in [2.45, 2.75) is 13.8 Å². The van der Waals surface area contributed by atoms with Crippen LogP contribution in [-0.4, -0.2) is 5.91 Å². The summed E-state index contributed by atoms with van der Waals surface area (Å²) in [6.07, 6.45) is 0. The van der Waals surface area contributed by atoms with Gasteiger partial charge in [0.1, 0.15) is 17.1 Å². The van der Waals surface area contributed by atoms with E-state index in [1.54, 1.807) is 38.1 Å². The number of carbonyl (C=O) groups excluding carboxylic acids is 1. The molecule has 19 heavy (non-hydrogen) atoms. The standard InChI is InChI=1S/C14H12ClNO3/c1-8-7-12(17)13(9(2)19-8)14(18)16-11-5-3-10(15)4-6-11/h3-7H,1-2H3,(H,16,18). The van der Waals surface area contributed by atoms with E-state index < -0.39 is 5.91 Å². The van der Waals surface area contributed by atoms with Gasteiger partial charge in [0.25, 0.3) is 5.91 Å². The Morgan fingerprint density at radius 3 is 2.42 bits per heavy atom. The first-order valence-corrected chi connectivity index (χ1v) is 6.03. The number of anilines is 1. The molecule has 5 heteroatoms. The third-order valence-corrected chi connectivity index (χ3v) is 2.83. The van der Waals surface area contributed by atoms with Crippen LogP contribution in [0.25, 0.3) is 0 Å². The highest BCUT2D eigenvalue weighted by atomic mass is 35.5. The molecule has 0 saturated heterocycles. The van der Waals surface area contributed by atoms with E-state index in [0.29, 0.717) is 22.2 Å². The van der Waals surface area contributed by atoms with Gasteiger partial charge in [-0.3, -0.25) is 9.59 Å². The van der Waals surface area contributed by atoms with Gasteiger partial charge >= 0.3 is 0 Å². The predicted octanol–water partition coefficient (Wildman–Crippen LogP) is 3.16. The first-order chi connectivity index (χ1) is 8.97. The highest BCUT2D eigenvalue weighted by molar-refractivity contribution is 6.30. The second kappa shape index (κ2) is 5.28. The fourth-order valence-electron chi connectivity index (χ4n) is 1.75. The molecule has 0 spiro atoms. The van der Waals surface area contributed by atoms with Crippen molar-refractivity contribution >= 4 is 23.2 Å². The van der Waals surface area contributed by atoms with Crippen LogP contribution in [0.3, 0.4) is 0 Å². The molecule has 0 aliphatic rings. The zero-order chi connectivity index (χ0) is 14.0. The second-order valence-corrected chi connectivity index (χ2v) is 4.55. The number of hydrogen-bond acceptors (Lipinski definition) is 3. The molecule has 0 saturated carbocycles. The summed E-state index contributed by atoms with van der Waals surface area (Å²) in [5.41, 5.74) is 0.224. The molecule has 4 nitrogen and oxygen atoms in total. The maximum Gasteiger partial charge on any atom is 0.263 e. The lowest BCUT2D eigenvalue weighted by Crippen LogP contribution is -2.22. The molecule has 0 fully saturated rings. The van der Waals surface area contributed by atoms with Crippen LogP contribution < -0.4 is 10.7 Å². The lowest BCUT2D eigenvalue weighted by Gasteiger charge is -2.07. The number of rotatable bonds is 2. The molecule has 0 atom stereocenters. The highest BCUT2D eigenvalue weighted by Crippen LogP contribution is 2.15. The summed E-state index contributed by atoms with van der Waals surface area (Å²) in [5, 5.41) is 3.20. The van der Waals surface area contributed by atoms with E-state index in [9.17, 15) is 9.59 Å². The van der Waals surface area contributed by atoms with Crippen molar-refractivity contribution in [2.24, 2.45) is 0 Å². The molecule has 0 unspecified atom stereocenters. The van der Waals surface area contributed by atoms with Gasteiger partial charge in [-0.05, 0) is 38.1 Å². The monoisotopic (exact) mass is 277 g/mol. The molecule has 2 aromatic rings. The zero-order valence-corrected chi connectivity index (χ0v) is 11.2. The fraction of sp³-hybridized carbons (Fsp3) is 0.143. The van der Waals surface area contributed by atoms with Crippen LogP contribution in [-0.2, 0) is 0 Å². The van der Waals surface area contributed by atoms with Crippen molar-refractivity contribution in [3.63, 3.8) is 0 Å². The molecule has 1 aromatic heterocycles. The van der Waals surface area contributed by atoms with Gasteiger partial charge in [0.2, 0.25) is 0 Å². The quantitative estimate of drug-likeness (QED) is 0.917. The van der Waals surface area contributed by atoms with Crippen molar-refractivity contribution < 1.29 is 9.21 Å². The highest BCUT2D eigenvalue weighted by Gasteiger charge is 2.16. The Hall–Kier alpha value is -2.07. The summed E-state index contributed by atoms with van der Waals surface area (Å²) in [4.78, 5) is 23.9. The fourth-order valence-corrected chi connectivity index (χ4v) is 1.88. The number of amides is 1. The van der Waals surface area contributed by atoms with Gasteiger partial charge in [-0.25, -0.2) is 0 Å². The number of halogens is 1. The number of hydrogen-bond donors (Lipinski definition) is 1. The minimum Gasteiger partial charge on any atom is -0.466 e. The lowest BCUT2D eigenvalue weighted by molar-refractivity contribution is 0.102. The zero-order valence-electron chi connectivity index (χ0n) is 10.5. The van der Waals surface area contributed by atoms with Crippen molar-refractivity contribution in [1.29, 1.82) is 0 Å². The van der Waals surface area contributed by atoms with E-state index in [2.05, 4.69) is 5.32 Å². The van der Waals surface area contributed by atoms with Gasteiger partial charge in [0.15, 0.2) is 5.43 Å². The van der Waals surface area contributed by atoms with E-state index in [0.717, 1.165) is 0 Å². The summed E-state index contributed by atoms with van der Waals surface area (Å²) < 4.78 is 5.29. The Labute approximate surface area is 115 Å². The molecule has 0 aliphatic carbocycles. The van der Waals surface area contributed by atoms with Gasteiger partial charge in [0.05, 0.1) is 0 Å². The summed E-state index contributed by atoms with van der Waals surface area (Å²) >= 11 is 5.76. The largest absolute Gasteiger partial charge is 0.466 e. The van der Waals surface area contributed by atoms with Gasteiger partial charge in [0, 0.05) is 16.8 Å². The second-order valence-electron chi connectivity index (χ2n) is 4.11. The van der Waals surface area contributed by atoms with Gasteiger partial charge in [-0.2, -0.15) is 0 Å². The van der Waals surface area contributed by atoms with Crippen LogP contribution in [0.4, 0.5) is 5.69 Å². The first-order valence-electron chi connectivity index (χ1n) is 5.65. The molecule has 0 aliphatic heterocycles. The average Bonchev–Trinajstić information content (AvgIpc) is 2.30. The molecule has 1 heterocycles. The molecule has 1 amide bonds. The van der Waals surface area contributed by atoms with Crippen LogP contribution in [0, 0.1) is 13.8 Å². The van der Waals surface area contributed by atoms with Crippen molar-refractivity contribution in [3.8, 4) is 0 Å². The molecule has 0 radical (unpaired) electrons. The minimum atomic E-state index is -0.492. The van der Waals surface area contributed by atoms with E-state index in [-0.39, 0.29) is 11.0 Å². The van der Waals surface area contributed by atoms with E-state index in [1.165, 1.54) is 6.07 Å². The Morgan fingerprint density at radius 1 is 1.21 bits per heavy atom. The molecule has 2 rings (SSSR count). The van der Waals surface area contributed by atoms with E-state index in [4.69, 9.17) is 16.0 Å². The Bertz CT molecular complexity index is 674. The van der Waals surface area contributed by atoms with Crippen LogP contribution in [0.5, 0.6) is 0 Å². The van der Waals surface area contributed by atoms with Crippen molar-refractivity contribution in [2.75, 3.05) is 5.32 Å². The van der Waals surface area contributed by atoms with Gasteiger partial charge < -0.3 is 9.73 Å². The third kappa shape index (κ3) is 3.03. The molecule has 1 N–H and O–H groups in total. The lowest BCUT2D eigenvalue weighted by atomic mass is 10.2. The number of carbonyl (C=O) groups is 1. The van der Waals surface area contributed by atoms with Crippen LogP contribution >= 0.6 is 11.6 Å². The maximum absolute atomic E-state index is 12.0. The van der Waals surface area contributed by atoms with Crippen molar-refractivity contribution in [1.82, 2.24) is 0 Å². The SMILES string of the molecule is Cc1cc(=O)c(C(=O)Nc2ccc(Cl)cc2)c(C)o1. The molecule has 1 aromatic carbocycles. The minimum absolute atomic E-state index is 0.0144. The Morgan fingerprint density at radius 2 is 1.84 bits per heavy atom. The maximum atomic E-state index is 12.0. The van der Waals surface area contributed by atoms with Gasteiger partial charge in [-0.1, -0.05) is 11.6 Å². The van der Waals surface area contributed by atoms with Crippen molar-refractivity contribution in [3.05, 3.63) is 62.7 Å². The summed E-state index contributed by atoms with van der Waals surface area (Å²) in [7, 11) is 0. The molecule has 0 bridgehead atoms. The molecule has 98 valence electrons. The normalized spacial score (nSPS) is 10.3. The Balaban J connectivity index is 2.30. The van der Waals surface area contributed by atoms with Crippen LogP contribution in [0.1, 0.15) is 21.9 Å². The summed E-state index contributed by atoms with van der Waals surface area (Å²) in [6.45, 7) is 3.25. The average molecular weight is 278 g/mol. The summed E-state index contributed by atoms with van der Waals surface area (Å²) in [6, 6.07) is 7.92. The predicted molar refractivity (Wildman–Crippen MR) is 73.9 cm³/mol. The van der Waals surface area contributed by atoms with Crippen LogP contribution in [0.2, 0.25) is 5.02 Å². The van der Waals surface area contributed by atoms with E-state index in [1.807, 2.05) is 0 Å². The molecular formula is C14H12ClNO3. The number of aryl methyl sites for hydroxylation is 2. The first kappa shape index (κ1) is 13.4. The summed E-state index contributed by atoms with van der Waals surface area (Å²) in [5.74, 6) is 0.288. The topological polar surface area (TPSA) is 59.3 Å². The van der Waals surface area contributed by atoms with Crippen LogP contribution in [0.15, 0.2) is 39.5 Å². The number of benzene rings is 1. The van der Waals surface area contributed by atoms with Gasteiger partial charge in [-0.15, -0.1) is 0 Å². The molecular weight excluding hydrogens is 266 g/mol. The smallest absolute Gasteiger partial charge is 0.263 e. The number of nitrogens with one attached hydrogen (secondary N) is 1.